The highest BCUT2D eigenvalue weighted by Crippen LogP contribution is 2.33. The minimum Gasteiger partial charge on any atom is -0.451 e. The molecule has 5 nitrogen and oxygen atoms in total. The van der Waals surface area contributed by atoms with Crippen LogP contribution in [0.4, 0.5) is 0 Å². The second kappa shape index (κ2) is 7.78. The number of para-hydroxylation sites is 1. The fraction of sp³-hybridized carbons (Fsp3) is 0.350. The summed E-state index contributed by atoms with van der Waals surface area (Å²) in [5, 5.41) is 2.93. The molecule has 1 amide bonds. The number of esters is 1. The van der Waals surface area contributed by atoms with Crippen molar-refractivity contribution in [1.82, 2.24) is 9.88 Å². The average molecular weight is 401 g/mol. The summed E-state index contributed by atoms with van der Waals surface area (Å²) in [6, 6.07) is 9.98. The van der Waals surface area contributed by atoms with E-state index in [1.807, 2.05) is 36.6 Å². The van der Waals surface area contributed by atoms with E-state index in [-0.39, 0.29) is 18.4 Å². The Labute approximate surface area is 165 Å². The number of thiazole rings is 1. The van der Waals surface area contributed by atoms with E-state index >= 15 is 0 Å². The lowest BCUT2D eigenvalue weighted by Gasteiger charge is -2.31. The number of thiophene rings is 1. The summed E-state index contributed by atoms with van der Waals surface area (Å²) in [6.07, 6.45) is 1.96. The Balaban J connectivity index is 1.38. The van der Waals surface area contributed by atoms with Gasteiger partial charge in [-0.3, -0.25) is 4.79 Å². The minimum absolute atomic E-state index is 0.136. The van der Waals surface area contributed by atoms with Gasteiger partial charge in [-0.05, 0) is 48.9 Å². The minimum atomic E-state index is -0.421. The van der Waals surface area contributed by atoms with Crippen LogP contribution in [-0.2, 0) is 9.53 Å². The van der Waals surface area contributed by atoms with E-state index in [0.717, 1.165) is 28.9 Å². The summed E-state index contributed by atoms with van der Waals surface area (Å²) in [6.45, 7) is 2.99. The number of carbonyl (C=O) groups excluding carboxylic acids is 2. The van der Waals surface area contributed by atoms with E-state index < -0.39 is 5.97 Å². The van der Waals surface area contributed by atoms with Crippen LogP contribution in [0.25, 0.3) is 10.2 Å². The Morgan fingerprint density at radius 1 is 1.30 bits per heavy atom. The fourth-order valence-corrected chi connectivity index (χ4v) is 5.25. The molecule has 1 aliphatic heterocycles. The number of benzene rings is 1. The predicted octanol–water partition coefficient (Wildman–Crippen LogP) is 4.23. The molecule has 1 aromatic carbocycles. The molecule has 27 heavy (non-hydrogen) atoms. The zero-order chi connectivity index (χ0) is 18.8. The van der Waals surface area contributed by atoms with Crippen molar-refractivity contribution < 1.29 is 14.3 Å². The molecule has 1 saturated heterocycles. The molecule has 7 heteroatoms. The van der Waals surface area contributed by atoms with Gasteiger partial charge in [0.15, 0.2) is 6.61 Å². The highest BCUT2D eigenvalue weighted by Gasteiger charge is 2.27. The molecule has 4 rings (SSSR count). The van der Waals surface area contributed by atoms with Gasteiger partial charge >= 0.3 is 5.97 Å². The number of hydrogen-bond acceptors (Lipinski definition) is 6. The Morgan fingerprint density at radius 2 is 2.15 bits per heavy atom. The molecule has 1 fully saturated rings. The van der Waals surface area contributed by atoms with Crippen LogP contribution < -0.4 is 0 Å². The van der Waals surface area contributed by atoms with Crippen LogP contribution in [-0.4, -0.2) is 41.5 Å². The van der Waals surface area contributed by atoms with Crippen LogP contribution in [0.15, 0.2) is 35.7 Å². The van der Waals surface area contributed by atoms with Crippen molar-refractivity contribution in [3.63, 3.8) is 0 Å². The molecule has 1 aliphatic rings. The molecule has 0 aliphatic carbocycles. The number of nitrogens with zero attached hydrogens (tertiary/aromatic N) is 2. The van der Waals surface area contributed by atoms with E-state index in [2.05, 4.69) is 6.07 Å². The number of piperidine rings is 1. The Hall–Kier alpha value is -2.25. The van der Waals surface area contributed by atoms with Crippen LogP contribution in [0.3, 0.4) is 0 Å². The van der Waals surface area contributed by atoms with Gasteiger partial charge in [0.1, 0.15) is 4.88 Å². The van der Waals surface area contributed by atoms with E-state index in [1.54, 1.807) is 16.2 Å². The molecular weight excluding hydrogens is 380 g/mol. The Bertz CT molecular complexity index is 945. The Kier molecular flexibility index (Phi) is 5.22. The number of likely N-dealkylation sites (tertiary alicyclic amines) is 1. The van der Waals surface area contributed by atoms with Crippen LogP contribution in [0, 0.1) is 6.92 Å². The van der Waals surface area contributed by atoms with Crippen molar-refractivity contribution in [2.24, 2.45) is 0 Å². The van der Waals surface area contributed by atoms with Gasteiger partial charge in [-0.15, -0.1) is 22.7 Å². The standard InChI is InChI=1S/C20H20N2O3S2/c1-13-8-10-26-18(13)20(24)25-12-17(23)22-9-4-5-14(11-22)19-21-15-6-2-3-7-16(15)27-19/h2-3,6-8,10,14H,4-5,9,11-12H2,1H3/t14-/m0/s1. The average Bonchev–Trinajstić information content (AvgIpc) is 3.32. The molecule has 1 atom stereocenters. The normalized spacial score (nSPS) is 17.2. The third-order valence-corrected chi connectivity index (χ3v) is 7.00. The third kappa shape index (κ3) is 3.89. The number of aromatic nitrogens is 1. The molecule has 0 bridgehead atoms. The van der Waals surface area contributed by atoms with Gasteiger partial charge in [0.05, 0.1) is 15.2 Å². The Morgan fingerprint density at radius 3 is 2.93 bits per heavy atom. The number of ether oxygens (including phenoxy) is 1. The monoisotopic (exact) mass is 400 g/mol. The van der Waals surface area contributed by atoms with Gasteiger partial charge in [0.25, 0.3) is 5.91 Å². The zero-order valence-electron chi connectivity index (χ0n) is 15.0. The van der Waals surface area contributed by atoms with Crippen molar-refractivity contribution >= 4 is 44.8 Å². The fourth-order valence-electron chi connectivity index (χ4n) is 3.34. The highest BCUT2D eigenvalue weighted by molar-refractivity contribution is 7.18. The summed E-state index contributed by atoms with van der Waals surface area (Å²) in [7, 11) is 0. The van der Waals surface area contributed by atoms with Crippen LogP contribution in [0.1, 0.15) is 39.0 Å². The van der Waals surface area contributed by atoms with Crippen LogP contribution in [0.2, 0.25) is 0 Å². The molecular formula is C20H20N2O3S2. The van der Waals surface area contributed by atoms with Crippen molar-refractivity contribution in [2.45, 2.75) is 25.7 Å². The quantitative estimate of drug-likeness (QED) is 0.615. The molecule has 0 radical (unpaired) electrons. The molecule has 140 valence electrons. The number of carbonyl (C=O) groups is 2. The molecule has 3 aromatic rings. The summed E-state index contributed by atoms with van der Waals surface area (Å²) in [4.78, 5) is 31.8. The maximum atomic E-state index is 12.5. The third-order valence-electron chi connectivity index (χ3n) is 4.81. The number of hydrogen-bond donors (Lipinski definition) is 0. The lowest BCUT2D eigenvalue weighted by molar-refractivity contribution is -0.135. The van der Waals surface area contributed by atoms with Crippen molar-refractivity contribution in [1.29, 1.82) is 0 Å². The topological polar surface area (TPSA) is 59.5 Å². The molecule has 0 N–H and O–H groups in total. The van der Waals surface area contributed by atoms with Gasteiger partial charge in [-0.2, -0.15) is 0 Å². The van der Waals surface area contributed by atoms with Crippen LogP contribution in [0.5, 0.6) is 0 Å². The first-order chi connectivity index (χ1) is 13.1. The lowest BCUT2D eigenvalue weighted by Crippen LogP contribution is -2.41. The first-order valence-corrected chi connectivity index (χ1v) is 10.7. The summed E-state index contributed by atoms with van der Waals surface area (Å²) in [5.41, 5.74) is 1.90. The van der Waals surface area contributed by atoms with E-state index in [9.17, 15) is 9.59 Å². The maximum Gasteiger partial charge on any atom is 0.349 e. The second-order valence-corrected chi connectivity index (χ2v) is 8.69. The van der Waals surface area contributed by atoms with E-state index in [1.165, 1.54) is 16.0 Å². The first-order valence-electron chi connectivity index (χ1n) is 8.96. The van der Waals surface area contributed by atoms with Crippen molar-refractivity contribution in [3.05, 3.63) is 51.2 Å². The van der Waals surface area contributed by atoms with Gasteiger partial charge in [-0.1, -0.05) is 12.1 Å². The van der Waals surface area contributed by atoms with E-state index in [0.29, 0.717) is 18.0 Å². The largest absolute Gasteiger partial charge is 0.451 e. The second-order valence-electron chi connectivity index (χ2n) is 6.71. The molecule has 2 aromatic heterocycles. The SMILES string of the molecule is Cc1ccsc1C(=O)OCC(=O)N1CCC[C@H](c2nc3ccccc3s2)C1. The van der Waals surface area contributed by atoms with E-state index in [4.69, 9.17) is 9.72 Å². The zero-order valence-corrected chi connectivity index (χ0v) is 16.6. The number of aryl methyl sites for hydroxylation is 1. The van der Waals surface area contributed by atoms with Crippen LogP contribution >= 0.6 is 22.7 Å². The van der Waals surface area contributed by atoms with Crippen molar-refractivity contribution in [2.75, 3.05) is 19.7 Å². The van der Waals surface area contributed by atoms with Gasteiger partial charge < -0.3 is 9.64 Å². The van der Waals surface area contributed by atoms with Gasteiger partial charge in [0.2, 0.25) is 0 Å². The molecule has 0 saturated carbocycles. The van der Waals surface area contributed by atoms with Gasteiger partial charge in [-0.25, -0.2) is 9.78 Å². The smallest absolute Gasteiger partial charge is 0.349 e. The highest BCUT2D eigenvalue weighted by atomic mass is 32.1. The van der Waals surface area contributed by atoms with Crippen molar-refractivity contribution in [3.8, 4) is 0 Å². The number of amides is 1. The first kappa shape index (κ1) is 18.1. The summed E-state index contributed by atoms with van der Waals surface area (Å²) in [5.74, 6) is -0.311. The number of fused-ring (bicyclic) bond motifs is 1. The summed E-state index contributed by atoms with van der Waals surface area (Å²) < 4.78 is 6.42. The molecule has 0 spiro atoms. The summed E-state index contributed by atoms with van der Waals surface area (Å²) >= 11 is 3.04. The molecule has 3 heterocycles. The van der Waals surface area contributed by atoms with Gasteiger partial charge in [0, 0.05) is 19.0 Å². The lowest BCUT2D eigenvalue weighted by atomic mass is 9.99. The molecule has 0 unspecified atom stereocenters. The predicted molar refractivity (Wildman–Crippen MR) is 108 cm³/mol. The maximum absolute atomic E-state index is 12.5. The number of rotatable bonds is 4.